The number of rotatable bonds is 6. The fourth-order valence-electron chi connectivity index (χ4n) is 4.16. The van der Waals surface area contributed by atoms with E-state index in [9.17, 15) is 14.7 Å². The minimum absolute atomic E-state index is 0.0279. The number of anilines is 1. The molecule has 1 unspecified atom stereocenters. The summed E-state index contributed by atoms with van der Waals surface area (Å²) in [6, 6.07) is 20.6. The molecule has 0 aliphatic carbocycles. The zero-order valence-corrected chi connectivity index (χ0v) is 19.6. The molecule has 3 aromatic carbocycles. The minimum Gasteiger partial charge on any atom is -0.507 e. The molecule has 174 valence electrons. The van der Waals surface area contributed by atoms with Gasteiger partial charge < -0.3 is 14.6 Å². The molecular weight excluding hydrogens is 430 g/mol. The van der Waals surface area contributed by atoms with Gasteiger partial charge in [-0.1, -0.05) is 42.5 Å². The second-order valence-electron chi connectivity index (χ2n) is 8.42. The predicted molar refractivity (Wildman–Crippen MR) is 131 cm³/mol. The normalized spacial score (nSPS) is 17.3. The number of aliphatic hydroxyl groups excluding tert-OH is 1. The Morgan fingerprint density at radius 1 is 0.941 bits per heavy atom. The number of aliphatic hydroxyl groups is 1. The maximum Gasteiger partial charge on any atom is 0.300 e. The number of para-hydroxylation sites is 1. The molecule has 1 aliphatic heterocycles. The van der Waals surface area contributed by atoms with Gasteiger partial charge in [-0.3, -0.25) is 14.5 Å². The van der Waals surface area contributed by atoms with Crippen molar-refractivity contribution in [1.29, 1.82) is 0 Å². The number of ether oxygens (including phenoxy) is 2. The van der Waals surface area contributed by atoms with Crippen LogP contribution < -0.4 is 14.4 Å². The Hall–Kier alpha value is -4.06. The summed E-state index contributed by atoms with van der Waals surface area (Å²) < 4.78 is 11.0. The van der Waals surface area contributed by atoms with E-state index in [1.54, 1.807) is 61.7 Å². The molecule has 1 fully saturated rings. The number of nitrogens with zero attached hydrogens (tertiary/aromatic N) is 1. The predicted octanol–water partition coefficient (Wildman–Crippen LogP) is 5.42. The van der Waals surface area contributed by atoms with Gasteiger partial charge in [0.25, 0.3) is 11.7 Å². The van der Waals surface area contributed by atoms with Crippen LogP contribution in [-0.4, -0.2) is 30.0 Å². The van der Waals surface area contributed by atoms with Crippen LogP contribution in [0.25, 0.3) is 5.76 Å². The molecular formula is C28H27NO5. The van der Waals surface area contributed by atoms with Crippen LogP contribution in [0.4, 0.5) is 5.69 Å². The second kappa shape index (κ2) is 9.43. The topological polar surface area (TPSA) is 76.1 Å². The maximum absolute atomic E-state index is 13.3. The summed E-state index contributed by atoms with van der Waals surface area (Å²) in [5.74, 6) is -0.462. The van der Waals surface area contributed by atoms with Gasteiger partial charge in [0.2, 0.25) is 0 Å². The van der Waals surface area contributed by atoms with Gasteiger partial charge in [0.1, 0.15) is 17.3 Å². The Morgan fingerprint density at radius 2 is 1.65 bits per heavy atom. The standard InChI is InChI=1S/C28H27NO5/c1-17(2)34-22-10-7-9-20(16-22)26(30)24-25(19-12-14-21(33-4)15-13-19)29(28(32)27(24)31)23-11-6-5-8-18(23)3/h5-17,25,30H,1-4H3/b26-24-. The van der Waals surface area contributed by atoms with E-state index in [-0.39, 0.29) is 17.4 Å². The average molecular weight is 458 g/mol. The molecule has 1 saturated heterocycles. The summed E-state index contributed by atoms with van der Waals surface area (Å²) in [6.07, 6.45) is -0.0525. The first kappa shape index (κ1) is 23.1. The van der Waals surface area contributed by atoms with E-state index in [1.807, 2.05) is 39.0 Å². The Labute approximate surface area is 199 Å². The molecule has 3 aromatic rings. The first-order chi connectivity index (χ1) is 16.3. The molecule has 6 nitrogen and oxygen atoms in total. The van der Waals surface area contributed by atoms with Gasteiger partial charge >= 0.3 is 0 Å². The summed E-state index contributed by atoms with van der Waals surface area (Å²) in [6.45, 7) is 5.69. The quantitative estimate of drug-likeness (QED) is 0.304. The van der Waals surface area contributed by atoms with Crippen LogP contribution in [-0.2, 0) is 9.59 Å². The molecule has 0 radical (unpaired) electrons. The molecule has 0 spiro atoms. The SMILES string of the molecule is COc1ccc(C2/C(=C(/O)c3cccc(OC(C)C)c3)C(=O)C(=O)N2c2ccccc2C)cc1. The molecule has 4 rings (SSSR count). The van der Waals surface area contributed by atoms with Gasteiger partial charge in [-0.2, -0.15) is 0 Å². The van der Waals surface area contributed by atoms with Crippen LogP contribution >= 0.6 is 0 Å². The van der Waals surface area contributed by atoms with Crippen molar-refractivity contribution in [3.63, 3.8) is 0 Å². The maximum atomic E-state index is 13.3. The Balaban J connectivity index is 1.91. The average Bonchev–Trinajstić information content (AvgIpc) is 3.09. The van der Waals surface area contributed by atoms with E-state index in [0.29, 0.717) is 28.3 Å². The zero-order chi connectivity index (χ0) is 24.4. The molecule has 1 aliphatic rings. The number of carbonyl (C=O) groups is 2. The number of ketones is 1. The number of hydrogen-bond acceptors (Lipinski definition) is 5. The highest BCUT2D eigenvalue weighted by molar-refractivity contribution is 6.51. The van der Waals surface area contributed by atoms with E-state index < -0.39 is 17.7 Å². The van der Waals surface area contributed by atoms with Crippen molar-refractivity contribution in [3.8, 4) is 11.5 Å². The third-order valence-corrected chi connectivity index (χ3v) is 5.73. The van der Waals surface area contributed by atoms with Crippen LogP contribution in [0.5, 0.6) is 11.5 Å². The lowest BCUT2D eigenvalue weighted by Crippen LogP contribution is -2.30. The third-order valence-electron chi connectivity index (χ3n) is 5.73. The lowest BCUT2D eigenvalue weighted by atomic mass is 9.94. The van der Waals surface area contributed by atoms with Crippen molar-refractivity contribution in [2.75, 3.05) is 12.0 Å². The second-order valence-corrected chi connectivity index (χ2v) is 8.42. The Morgan fingerprint density at radius 3 is 2.29 bits per heavy atom. The van der Waals surface area contributed by atoms with E-state index >= 15 is 0 Å². The number of aryl methyl sites for hydroxylation is 1. The first-order valence-electron chi connectivity index (χ1n) is 11.1. The van der Waals surface area contributed by atoms with Crippen molar-refractivity contribution in [3.05, 3.63) is 95.1 Å². The van der Waals surface area contributed by atoms with Gasteiger partial charge in [0.15, 0.2) is 0 Å². The van der Waals surface area contributed by atoms with Crippen LogP contribution in [0, 0.1) is 6.92 Å². The summed E-state index contributed by atoms with van der Waals surface area (Å²) in [7, 11) is 1.57. The summed E-state index contributed by atoms with van der Waals surface area (Å²) in [5, 5.41) is 11.3. The monoisotopic (exact) mass is 457 g/mol. The number of methoxy groups -OCH3 is 1. The Kier molecular flexibility index (Phi) is 6.41. The number of benzene rings is 3. The van der Waals surface area contributed by atoms with Gasteiger partial charge in [-0.15, -0.1) is 0 Å². The van der Waals surface area contributed by atoms with Crippen LogP contribution in [0.15, 0.2) is 78.4 Å². The van der Waals surface area contributed by atoms with E-state index in [2.05, 4.69) is 0 Å². The molecule has 1 N–H and O–H groups in total. The molecule has 6 heteroatoms. The number of Topliss-reactive ketones (excluding diaryl/α,β-unsaturated/α-hetero) is 1. The minimum atomic E-state index is -0.804. The van der Waals surface area contributed by atoms with Crippen LogP contribution in [0.1, 0.15) is 36.6 Å². The lowest BCUT2D eigenvalue weighted by molar-refractivity contribution is -0.132. The molecule has 1 amide bonds. The van der Waals surface area contributed by atoms with Crippen molar-refractivity contribution in [2.45, 2.75) is 32.9 Å². The van der Waals surface area contributed by atoms with E-state index in [1.165, 1.54) is 4.90 Å². The zero-order valence-electron chi connectivity index (χ0n) is 19.6. The van der Waals surface area contributed by atoms with Crippen molar-refractivity contribution >= 4 is 23.1 Å². The van der Waals surface area contributed by atoms with Gasteiger partial charge in [0.05, 0.1) is 24.8 Å². The van der Waals surface area contributed by atoms with Crippen molar-refractivity contribution in [2.24, 2.45) is 0 Å². The molecule has 1 atom stereocenters. The molecule has 0 bridgehead atoms. The first-order valence-corrected chi connectivity index (χ1v) is 11.1. The van der Waals surface area contributed by atoms with Crippen LogP contribution in [0.3, 0.4) is 0 Å². The third kappa shape index (κ3) is 4.27. The smallest absolute Gasteiger partial charge is 0.300 e. The number of amides is 1. The molecule has 0 saturated carbocycles. The van der Waals surface area contributed by atoms with Gasteiger partial charge in [-0.25, -0.2) is 0 Å². The Bertz CT molecular complexity index is 1260. The lowest BCUT2D eigenvalue weighted by Gasteiger charge is -2.27. The van der Waals surface area contributed by atoms with Gasteiger partial charge in [-0.05, 0) is 62.2 Å². The molecule has 34 heavy (non-hydrogen) atoms. The van der Waals surface area contributed by atoms with E-state index in [4.69, 9.17) is 9.47 Å². The highest BCUT2D eigenvalue weighted by atomic mass is 16.5. The van der Waals surface area contributed by atoms with Crippen molar-refractivity contribution in [1.82, 2.24) is 0 Å². The van der Waals surface area contributed by atoms with Crippen LogP contribution in [0.2, 0.25) is 0 Å². The summed E-state index contributed by atoms with van der Waals surface area (Å²) in [4.78, 5) is 28.1. The van der Waals surface area contributed by atoms with E-state index in [0.717, 1.165) is 5.56 Å². The summed E-state index contributed by atoms with van der Waals surface area (Å²) >= 11 is 0. The fraction of sp³-hybridized carbons (Fsp3) is 0.214. The highest BCUT2D eigenvalue weighted by Crippen LogP contribution is 2.43. The molecule has 1 heterocycles. The largest absolute Gasteiger partial charge is 0.507 e. The number of hydrogen-bond donors (Lipinski definition) is 1. The number of carbonyl (C=O) groups excluding carboxylic acids is 2. The molecule has 0 aromatic heterocycles. The van der Waals surface area contributed by atoms with Gasteiger partial charge in [0, 0.05) is 11.3 Å². The fourth-order valence-corrected chi connectivity index (χ4v) is 4.16. The highest BCUT2D eigenvalue weighted by Gasteiger charge is 2.47. The van der Waals surface area contributed by atoms with Crippen molar-refractivity contribution < 1.29 is 24.2 Å². The summed E-state index contributed by atoms with van der Waals surface area (Å²) in [5.41, 5.74) is 2.57.